The Bertz CT molecular complexity index is 1280. The largest absolute Gasteiger partial charge is 0.352 e. The van der Waals surface area contributed by atoms with Gasteiger partial charge in [-0.3, -0.25) is 19.2 Å². The highest BCUT2D eigenvalue weighted by Crippen LogP contribution is 2.38. The molecule has 0 spiro atoms. The van der Waals surface area contributed by atoms with Crippen LogP contribution in [0.15, 0.2) is 42.5 Å². The number of carbonyl (C=O) groups is 4. The molecule has 7 nitrogen and oxygen atoms in total. The van der Waals surface area contributed by atoms with E-state index < -0.39 is 40.5 Å². The molecule has 0 bridgehead atoms. The number of nitrogens with zero attached hydrogens (tertiary/aromatic N) is 2. The molecule has 1 N–H and O–H groups in total. The molecule has 2 aliphatic heterocycles. The Hall–Kier alpha value is -3.07. The molecule has 2 aliphatic rings. The van der Waals surface area contributed by atoms with Crippen LogP contribution in [0, 0.1) is 0 Å². The Kier molecular flexibility index (Phi) is 6.58. The van der Waals surface area contributed by atoms with Crippen LogP contribution < -0.4 is 5.32 Å². The lowest BCUT2D eigenvalue weighted by atomic mass is 9.61. The number of benzene rings is 2. The van der Waals surface area contributed by atoms with Crippen LogP contribution in [0.2, 0.25) is 10.8 Å². The summed E-state index contributed by atoms with van der Waals surface area (Å²) in [6.45, 7) is 0.126. The zero-order chi connectivity index (χ0) is 26.6. The number of rotatable bonds is 5. The van der Waals surface area contributed by atoms with Crippen molar-refractivity contribution in [1.82, 2.24) is 15.0 Å². The Morgan fingerprint density at radius 1 is 1.17 bits per heavy atom. The van der Waals surface area contributed by atoms with Crippen molar-refractivity contribution in [2.24, 2.45) is 0 Å². The first-order valence-electron chi connectivity index (χ1n) is 11.5. The monoisotopic (exact) mass is 509 g/mol. The molecule has 2 aromatic carbocycles. The van der Waals surface area contributed by atoms with Crippen LogP contribution in [0.3, 0.4) is 0 Å². The molecule has 4 rings (SSSR count). The average Bonchev–Trinajstić information content (AvgIpc) is 3.18. The first kappa shape index (κ1) is 26.0. The highest BCUT2D eigenvalue weighted by molar-refractivity contribution is 6.42. The molecule has 0 saturated carbocycles. The van der Waals surface area contributed by atoms with Gasteiger partial charge in [0.1, 0.15) is 23.5 Å². The Morgan fingerprint density at radius 2 is 1.81 bits per heavy atom. The number of fused-ring (bicyclic) bond motifs is 1. The first-order chi connectivity index (χ1) is 16.8. The second kappa shape index (κ2) is 9.10. The Morgan fingerprint density at radius 3 is 2.44 bits per heavy atom. The summed E-state index contributed by atoms with van der Waals surface area (Å²) in [7, 11) is 6.36. The fraction of sp³-hybridized carbons (Fsp3) is 0.273. The molecule has 2 aromatic rings. The van der Waals surface area contributed by atoms with Gasteiger partial charge in [0.05, 0.1) is 5.44 Å². The zero-order valence-corrected chi connectivity index (χ0v) is 21.0. The maximum Gasteiger partial charge on any atom is 0.349 e. The van der Waals surface area contributed by atoms with E-state index in [1.54, 1.807) is 41.7 Å². The molecule has 0 aromatic heterocycles. The molecule has 1 fully saturated rings. The third kappa shape index (κ3) is 4.23. The van der Waals surface area contributed by atoms with E-state index >= 15 is 0 Å². The van der Waals surface area contributed by atoms with Gasteiger partial charge in [0.15, 0.2) is 0 Å². The van der Waals surface area contributed by atoms with Crippen LogP contribution in [0.25, 0.3) is 0 Å². The molecule has 3 atom stereocenters. The predicted octanol–water partition coefficient (Wildman–Crippen LogP) is -1.11. The highest BCUT2D eigenvalue weighted by Gasteiger charge is 2.52. The maximum atomic E-state index is 14.7. The van der Waals surface area contributed by atoms with E-state index in [0.717, 1.165) is 16.9 Å². The number of nitrogens with one attached hydrogen (secondary N) is 1. The standard InChI is InChI=1S/C22H22B4ClF2N3O4/c23-15-8-21(25,20(36)32(26)18(15)34)31-9-11-7-10(1-6-14(11)17(31)33)16(24)30-19(35)22(28,29)12-2-4-13(27)5-3-12/h1-7,15-16H,8-9,23-26H2,(H,30,35)/t15?,16?,21-/m0/s1. The summed E-state index contributed by atoms with van der Waals surface area (Å²) in [6, 6.07) is 9.61. The molecular weight excluding hydrogens is 487 g/mol. The Balaban J connectivity index is 1.53. The molecule has 2 heterocycles. The van der Waals surface area contributed by atoms with Crippen LogP contribution in [-0.4, -0.2) is 70.3 Å². The summed E-state index contributed by atoms with van der Waals surface area (Å²) in [5.74, 6) is -7.51. The van der Waals surface area contributed by atoms with Crippen molar-refractivity contribution in [3.05, 3.63) is 69.7 Å². The number of hydrogen-bond donors (Lipinski definition) is 1. The minimum Gasteiger partial charge on any atom is -0.352 e. The van der Waals surface area contributed by atoms with Crippen molar-refractivity contribution in [3.63, 3.8) is 0 Å². The molecule has 4 amide bonds. The molecule has 0 aliphatic carbocycles. The van der Waals surface area contributed by atoms with Gasteiger partial charge in [-0.1, -0.05) is 35.9 Å². The van der Waals surface area contributed by atoms with Gasteiger partial charge in [-0.05, 0) is 35.7 Å². The van der Waals surface area contributed by atoms with E-state index in [2.05, 4.69) is 5.32 Å². The average molecular weight is 509 g/mol. The van der Waals surface area contributed by atoms with E-state index in [1.165, 1.54) is 25.0 Å². The summed E-state index contributed by atoms with van der Waals surface area (Å²) in [6.07, 6.45) is 0.202. The zero-order valence-electron chi connectivity index (χ0n) is 20.3. The summed E-state index contributed by atoms with van der Waals surface area (Å²) < 4.78 is 29.4. The van der Waals surface area contributed by atoms with E-state index in [9.17, 15) is 28.0 Å². The first-order valence-corrected chi connectivity index (χ1v) is 11.9. The van der Waals surface area contributed by atoms with Crippen LogP contribution in [0.1, 0.15) is 39.4 Å². The van der Waals surface area contributed by atoms with Crippen LogP contribution in [-0.2, 0) is 26.9 Å². The van der Waals surface area contributed by atoms with Crippen LogP contribution in [0.5, 0.6) is 0 Å². The molecule has 182 valence electrons. The van der Waals surface area contributed by atoms with Crippen LogP contribution in [0.4, 0.5) is 8.78 Å². The van der Waals surface area contributed by atoms with Gasteiger partial charge in [-0.25, -0.2) is 0 Å². The summed E-state index contributed by atoms with van der Waals surface area (Å²) in [4.78, 5) is 53.4. The van der Waals surface area contributed by atoms with Crippen molar-refractivity contribution < 1.29 is 28.0 Å². The minimum atomic E-state index is -3.77. The third-order valence-corrected chi connectivity index (χ3v) is 7.34. The lowest BCUT2D eigenvalue weighted by Gasteiger charge is -2.45. The second-order valence-electron chi connectivity index (χ2n) is 9.67. The molecule has 36 heavy (non-hydrogen) atoms. The predicted molar refractivity (Wildman–Crippen MR) is 140 cm³/mol. The smallest absolute Gasteiger partial charge is 0.349 e. The van der Waals surface area contributed by atoms with Crippen LogP contribution >= 0.6 is 11.6 Å². The van der Waals surface area contributed by atoms with Crippen molar-refractivity contribution in [2.45, 2.75) is 36.1 Å². The van der Waals surface area contributed by atoms with Gasteiger partial charge in [0, 0.05) is 34.5 Å². The van der Waals surface area contributed by atoms with E-state index in [0.29, 0.717) is 16.7 Å². The van der Waals surface area contributed by atoms with Crippen molar-refractivity contribution in [2.75, 3.05) is 0 Å². The number of hydrogen-bond acceptors (Lipinski definition) is 4. The van der Waals surface area contributed by atoms with E-state index in [-0.39, 0.29) is 29.8 Å². The lowest BCUT2D eigenvalue weighted by molar-refractivity contribution is -0.148. The van der Waals surface area contributed by atoms with Gasteiger partial charge in [0.2, 0.25) is 19.8 Å². The van der Waals surface area contributed by atoms with E-state index in [4.69, 9.17) is 11.6 Å². The van der Waals surface area contributed by atoms with Gasteiger partial charge >= 0.3 is 5.92 Å². The fourth-order valence-corrected chi connectivity index (χ4v) is 5.08. The van der Waals surface area contributed by atoms with Crippen molar-refractivity contribution >= 4 is 66.7 Å². The number of amides is 4. The summed E-state index contributed by atoms with van der Waals surface area (Å²) in [5.41, 5.74) is -0.132. The normalized spacial score (nSPS) is 23.0. The Labute approximate surface area is 215 Å². The molecule has 2 unspecified atom stereocenters. The third-order valence-electron chi connectivity index (χ3n) is 7.09. The fourth-order valence-electron chi connectivity index (χ4n) is 4.96. The lowest BCUT2D eigenvalue weighted by Crippen LogP contribution is -2.65. The number of imide groups is 1. The van der Waals surface area contributed by atoms with Gasteiger partial charge in [-0.15, -0.1) is 0 Å². The molecule has 0 radical (unpaired) electrons. The number of carbonyl (C=O) groups excluding carboxylic acids is 4. The quantitative estimate of drug-likeness (QED) is 0.410. The maximum absolute atomic E-state index is 14.7. The van der Waals surface area contributed by atoms with Gasteiger partial charge < -0.3 is 15.0 Å². The molecule has 14 heteroatoms. The highest BCUT2D eigenvalue weighted by atomic mass is 35.5. The number of alkyl halides is 2. The van der Waals surface area contributed by atoms with Gasteiger partial charge in [0.25, 0.3) is 11.8 Å². The topological polar surface area (TPSA) is 86.8 Å². The summed E-state index contributed by atoms with van der Waals surface area (Å²) in [5, 5.41) is 2.62. The van der Waals surface area contributed by atoms with Crippen molar-refractivity contribution in [3.8, 4) is 0 Å². The van der Waals surface area contributed by atoms with E-state index in [1.807, 2.05) is 0 Å². The molecular formula is C22H22B4ClF2N3O4. The van der Waals surface area contributed by atoms with Crippen molar-refractivity contribution in [1.29, 1.82) is 0 Å². The number of piperidine rings is 1. The molecule has 1 saturated heterocycles. The summed E-state index contributed by atoms with van der Waals surface area (Å²) >= 11 is 5.75. The number of halogens is 3. The minimum absolute atomic E-state index is 0.126. The SMILES string of the molecule is BC1C[C@](B)(N2Cc3cc(C(B)NC(=O)C(F)(F)c4ccc(Cl)cc4)ccc3C2=O)C(=O)N(B)C1=O. The van der Waals surface area contributed by atoms with Gasteiger partial charge in [-0.2, -0.15) is 8.78 Å². The second-order valence-corrected chi connectivity index (χ2v) is 10.1.